The summed E-state index contributed by atoms with van der Waals surface area (Å²) in [5.74, 6) is 0.505. The molecule has 0 saturated heterocycles. The zero-order valence-electron chi connectivity index (χ0n) is 17.6. The average molecular weight is 439 g/mol. The number of ether oxygens (including phenoxy) is 1. The summed E-state index contributed by atoms with van der Waals surface area (Å²) < 4.78 is 33.0. The van der Waals surface area contributed by atoms with Crippen molar-refractivity contribution in [2.24, 2.45) is 0 Å². The number of anilines is 1. The molecule has 162 valence electrons. The van der Waals surface area contributed by atoms with Crippen LogP contribution in [0.15, 0.2) is 77.7 Å². The first-order chi connectivity index (χ1) is 14.9. The maximum atomic E-state index is 12.7. The second-order valence-corrected chi connectivity index (χ2v) is 8.89. The summed E-state index contributed by atoms with van der Waals surface area (Å²) in [6.07, 6.45) is 1.59. The topological polar surface area (TPSA) is 84.5 Å². The molecule has 31 heavy (non-hydrogen) atoms. The lowest BCUT2D eigenvalue weighted by Gasteiger charge is -2.10. The van der Waals surface area contributed by atoms with E-state index in [1.54, 1.807) is 31.4 Å². The van der Waals surface area contributed by atoms with E-state index in [0.717, 1.165) is 29.7 Å². The Labute approximate surface area is 183 Å². The van der Waals surface area contributed by atoms with Gasteiger partial charge in [0.25, 0.3) is 15.9 Å². The van der Waals surface area contributed by atoms with E-state index in [0.29, 0.717) is 17.8 Å². The number of benzene rings is 3. The lowest BCUT2D eigenvalue weighted by Crippen LogP contribution is -2.25. The molecule has 0 heterocycles. The molecule has 0 unspecified atom stereocenters. The van der Waals surface area contributed by atoms with Crippen LogP contribution in [-0.4, -0.2) is 28.0 Å². The van der Waals surface area contributed by atoms with E-state index in [1.807, 2.05) is 43.3 Å². The highest BCUT2D eigenvalue weighted by atomic mass is 32.2. The average Bonchev–Trinajstić information content (AvgIpc) is 2.78. The first-order valence-electron chi connectivity index (χ1n) is 9.98. The van der Waals surface area contributed by atoms with Gasteiger partial charge in [0.15, 0.2) is 0 Å². The maximum absolute atomic E-state index is 12.7. The largest absolute Gasteiger partial charge is 0.497 e. The molecule has 0 spiro atoms. The summed E-state index contributed by atoms with van der Waals surface area (Å²) in [5.41, 5.74) is 2.97. The lowest BCUT2D eigenvalue weighted by molar-refractivity contribution is 0.0953. The van der Waals surface area contributed by atoms with Crippen LogP contribution in [0.2, 0.25) is 0 Å². The molecule has 0 aliphatic heterocycles. The molecule has 3 rings (SSSR count). The molecule has 0 radical (unpaired) electrons. The molecule has 0 aliphatic carbocycles. The van der Waals surface area contributed by atoms with Crippen molar-refractivity contribution in [2.75, 3.05) is 18.4 Å². The predicted molar refractivity (Wildman–Crippen MR) is 122 cm³/mol. The van der Waals surface area contributed by atoms with E-state index < -0.39 is 10.0 Å². The molecule has 6 nitrogen and oxygen atoms in total. The molecule has 7 heteroatoms. The minimum absolute atomic E-state index is 0.0407. The molecule has 3 aromatic carbocycles. The van der Waals surface area contributed by atoms with Gasteiger partial charge in [-0.2, -0.15) is 0 Å². The number of rotatable bonds is 9. The molecule has 0 aromatic heterocycles. The van der Waals surface area contributed by atoms with E-state index in [1.165, 1.54) is 12.1 Å². The Morgan fingerprint density at radius 1 is 0.968 bits per heavy atom. The van der Waals surface area contributed by atoms with Crippen LogP contribution in [0.5, 0.6) is 5.75 Å². The second kappa shape index (κ2) is 10.1. The number of carbonyl (C=O) groups is 1. The number of sulfonamides is 1. The van der Waals surface area contributed by atoms with E-state index >= 15 is 0 Å². The van der Waals surface area contributed by atoms with Crippen molar-refractivity contribution < 1.29 is 17.9 Å². The van der Waals surface area contributed by atoms with Gasteiger partial charge in [-0.05, 0) is 67.8 Å². The van der Waals surface area contributed by atoms with Crippen molar-refractivity contribution in [1.29, 1.82) is 0 Å². The van der Waals surface area contributed by atoms with Gasteiger partial charge >= 0.3 is 0 Å². The Bertz CT molecular complexity index is 1130. The van der Waals surface area contributed by atoms with Crippen LogP contribution in [0.1, 0.15) is 27.9 Å². The molecule has 1 amide bonds. The van der Waals surface area contributed by atoms with Crippen LogP contribution in [0.4, 0.5) is 5.69 Å². The van der Waals surface area contributed by atoms with Gasteiger partial charge < -0.3 is 10.1 Å². The van der Waals surface area contributed by atoms with Gasteiger partial charge in [0, 0.05) is 17.8 Å². The molecular formula is C24H26N2O4S. The van der Waals surface area contributed by atoms with Crippen LogP contribution in [-0.2, 0) is 16.4 Å². The van der Waals surface area contributed by atoms with Crippen molar-refractivity contribution in [3.63, 3.8) is 0 Å². The van der Waals surface area contributed by atoms with E-state index in [-0.39, 0.29) is 10.8 Å². The van der Waals surface area contributed by atoms with Gasteiger partial charge in [-0.25, -0.2) is 8.42 Å². The minimum atomic E-state index is -3.79. The SMILES string of the molecule is COc1ccc(CCCNC(=O)c2cccc(S(=O)(=O)Nc3ccc(C)cc3)c2)cc1. The summed E-state index contributed by atoms with van der Waals surface area (Å²) >= 11 is 0. The number of aryl methyl sites for hydroxylation is 2. The van der Waals surface area contributed by atoms with Crippen molar-refractivity contribution in [1.82, 2.24) is 5.32 Å². The fourth-order valence-electron chi connectivity index (χ4n) is 3.03. The molecular weight excluding hydrogens is 412 g/mol. The zero-order chi connectivity index (χ0) is 22.3. The van der Waals surface area contributed by atoms with Gasteiger partial charge in [-0.15, -0.1) is 0 Å². The highest BCUT2D eigenvalue weighted by Crippen LogP contribution is 2.18. The summed E-state index contributed by atoms with van der Waals surface area (Å²) in [4.78, 5) is 12.5. The molecule has 0 saturated carbocycles. The van der Waals surface area contributed by atoms with Crippen molar-refractivity contribution in [2.45, 2.75) is 24.7 Å². The van der Waals surface area contributed by atoms with E-state index in [2.05, 4.69) is 10.0 Å². The monoisotopic (exact) mass is 438 g/mol. The third-order valence-corrected chi connectivity index (χ3v) is 6.18. The van der Waals surface area contributed by atoms with Crippen molar-refractivity contribution in [3.05, 3.63) is 89.5 Å². The Morgan fingerprint density at radius 3 is 2.35 bits per heavy atom. The Balaban J connectivity index is 1.56. The molecule has 0 fully saturated rings. The number of hydrogen-bond acceptors (Lipinski definition) is 4. The number of nitrogens with one attached hydrogen (secondary N) is 2. The highest BCUT2D eigenvalue weighted by Gasteiger charge is 2.16. The number of methoxy groups -OCH3 is 1. The van der Waals surface area contributed by atoms with Crippen LogP contribution in [0, 0.1) is 6.92 Å². The molecule has 0 bridgehead atoms. The van der Waals surface area contributed by atoms with Gasteiger partial charge in [0.05, 0.1) is 12.0 Å². The molecule has 3 aromatic rings. The molecule has 2 N–H and O–H groups in total. The fourth-order valence-corrected chi connectivity index (χ4v) is 4.13. The van der Waals surface area contributed by atoms with Gasteiger partial charge in [-0.3, -0.25) is 9.52 Å². The third-order valence-electron chi connectivity index (χ3n) is 4.80. The fraction of sp³-hybridized carbons (Fsp3) is 0.208. The smallest absolute Gasteiger partial charge is 0.261 e. The van der Waals surface area contributed by atoms with Gasteiger partial charge in [0.2, 0.25) is 0 Å². The number of amides is 1. The van der Waals surface area contributed by atoms with E-state index in [4.69, 9.17) is 4.74 Å². The number of carbonyl (C=O) groups excluding carboxylic acids is 1. The lowest BCUT2D eigenvalue weighted by atomic mass is 10.1. The van der Waals surface area contributed by atoms with Gasteiger partial charge in [-0.1, -0.05) is 35.9 Å². The number of hydrogen-bond donors (Lipinski definition) is 2. The first kappa shape index (κ1) is 22.4. The minimum Gasteiger partial charge on any atom is -0.497 e. The van der Waals surface area contributed by atoms with Crippen LogP contribution in [0.3, 0.4) is 0 Å². The second-order valence-electron chi connectivity index (χ2n) is 7.21. The predicted octanol–water partition coefficient (Wildman–Crippen LogP) is 4.17. The summed E-state index contributed by atoms with van der Waals surface area (Å²) in [6.45, 7) is 2.42. The van der Waals surface area contributed by atoms with E-state index in [9.17, 15) is 13.2 Å². The molecule has 0 aliphatic rings. The standard InChI is InChI=1S/C24H26N2O4S/c1-18-8-12-21(13-9-18)26-31(28,29)23-7-3-6-20(17-23)24(27)25-16-4-5-19-10-14-22(30-2)15-11-19/h3,6-15,17,26H,4-5,16H2,1-2H3,(H,25,27). The summed E-state index contributed by atoms with van der Waals surface area (Å²) in [5, 5.41) is 2.85. The zero-order valence-corrected chi connectivity index (χ0v) is 18.4. The quantitative estimate of drug-likeness (QED) is 0.491. The van der Waals surface area contributed by atoms with Crippen molar-refractivity contribution in [3.8, 4) is 5.75 Å². The molecule has 0 atom stereocenters. The van der Waals surface area contributed by atoms with Gasteiger partial charge in [0.1, 0.15) is 5.75 Å². The Morgan fingerprint density at radius 2 is 1.68 bits per heavy atom. The Hall–Kier alpha value is -3.32. The first-order valence-corrected chi connectivity index (χ1v) is 11.5. The summed E-state index contributed by atoms with van der Waals surface area (Å²) in [7, 11) is -2.16. The highest BCUT2D eigenvalue weighted by molar-refractivity contribution is 7.92. The maximum Gasteiger partial charge on any atom is 0.261 e. The van der Waals surface area contributed by atoms with Crippen molar-refractivity contribution >= 4 is 21.6 Å². The normalized spacial score (nSPS) is 11.0. The van der Waals surface area contributed by atoms with Crippen LogP contribution >= 0.6 is 0 Å². The Kier molecular flexibility index (Phi) is 7.31. The third kappa shape index (κ3) is 6.33. The summed E-state index contributed by atoms with van der Waals surface area (Å²) in [6, 6.07) is 20.9. The van der Waals surface area contributed by atoms with Crippen LogP contribution in [0.25, 0.3) is 0 Å². The van der Waals surface area contributed by atoms with Crippen LogP contribution < -0.4 is 14.8 Å².